The Morgan fingerprint density at radius 3 is 2.94 bits per heavy atom. The van der Waals surface area contributed by atoms with Crippen LogP contribution in [0.25, 0.3) is 0 Å². The molecule has 0 aliphatic rings. The van der Waals surface area contributed by atoms with Gasteiger partial charge in [-0.1, -0.05) is 25.1 Å². The number of nitro benzene ring substituents is 1. The van der Waals surface area contributed by atoms with Crippen LogP contribution in [-0.4, -0.2) is 11.5 Å². The van der Waals surface area contributed by atoms with Crippen LogP contribution in [0.2, 0.25) is 0 Å². The Bertz CT molecular complexity index is 391. The Balaban J connectivity index is 2.76. The van der Waals surface area contributed by atoms with E-state index in [2.05, 4.69) is 18.8 Å². The largest absolute Gasteiger partial charge is 0.310 e. The molecule has 1 aromatic carbocycles. The van der Waals surface area contributed by atoms with Gasteiger partial charge in [-0.05, 0) is 24.9 Å². The molecular weight excluding hydrogens is 216 g/mol. The van der Waals surface area contributed by atoms with Crippen LogP contribution in [0.15, 0.2) is 36.9 Å². The van der Waals surface area contributed by atoms with Gasteiger partial charge >= 0.3 is 0 Å². The smallest absolute Gasteiger partial charge is 0.269 e. The summed E-state index contributed by atoms with van der Waals surface area (Å²) in [5, 5.41) is 14.1. The van der Waals surface area contributed by atoms with Gasteiger partial charge in [-0.3, -0.25) is 10.1 Å². The second-order valence-corrected chi connectivity index (χ2v) is 3.84. The number of nitro groups is 1. The number of rotatable bonds is 7. The Morgan fingerprint density at radius 2 is 2.35 bits per heavy atom. The van der Waals surface area contributed by atoms with E-state index in [1.807, 2.05) is 12.1 Å². The van der Waals surface area contributed by atoms with E-state index in [0.29, 0.717) is 0 Å². The lowest BCUT2D eigenvalue weighted by Gasteiger charge is -2.16. The highest BCUT2D eigenvalue weighted by molar-refractivity contribution is 5.35. The van der Waals surface area contributed by atoms with E-state index in [4.69, 9.17) is 0 Å². The molecule has 0 saturated heterocycles. The van der Waals surface area contributed by atoms with Crippen molar-refractivity contribution >= 4 is 5.69 Å². The first-order chi connectivity index (χ1) is 8.19. The van der Waals surface area contributed by atoms with Gasteiger partial charge in [0.05, 0.1) is 4.92 Å². The molecule has 1 rings (SSSR count). The summed E-state index contributed by atoms with van der Waals surface area (Å²) >= 11 is 0. The van der Waals surface area contributed by atoms with Crippen LogP contribution in [0.3, 0.4) is 0 Å². The predicted octanol–water partition coefficient (Wildman–Crippen LogP) is 3.21. The van der Waals surface area contributed by atoms with E-state index < -0.39 is 0 Å². The zero-order valence-electron chi connectivity index (χ0n) is 10.1. The number of nitrogens with one attached hydrogen (secondary N) is 1. The minimum atomic E-state index is -0.361. The summed E-state index contributed by atoms with van der Waals surface area (Å²) < 4.78 is 0. The normalized spacial score (nSPS) is 12.1. The van der Waals surface area contributed by atoms with Gasteiger partial charge in [-0.25, -0.2) is 0 Å². The lowest BCUT2D eigenvalue weighted by molar-refractivity contribution is -0.384. The Hall–Kier alpha value is -1.68. The highest BCUT2D eigenvalue weighted by Crippen LogP contribution is 2.21. The quantitative estimate of drug-likeness (QED) is 0.341. The van der Waals surface area contributed by atoms with Crippen LogP contribution in [0, 0.1) is 10.1 Å². The zero-order chi connectivity index (χ0) is 12.7. The van der Waals surface area contributed by atoms with Gasteiger partial charge in [0, 0.05) is 18.2 Å². The minimum Gasteiger partial charge on any atom is -0.310 e. The minimum absolute atomic E-state index is 0.145. The summed E-state index contributed by atoms with van der Waals surface area (Å²) in [6.45, 7) is 6.56. The van der Waals surface area contributed by atoms with Gasteiger partial charge in [0.15, 0.2) is 0 Å². The molecule has 1 N–H and O–H groups in total. The molecule has 92 valence electrons. The van der Waals surface area contributed by atoms with Crippen molar-refractivity contribution in [2.45, 2.75) is 25.8 Å². The Kier molecular flexibility index (Phi) is 5.36. The molecule has 0 fully saturated rings. The molecular formula is C13H18N2O2. The van der Waals surface area contributed by atoms with Crippen LogP contribution >= 0.6 is 0 Å². The third-order valence-electron chi connectivity index (χ3n) is 2.63. The molecule has 1 unspecified atom stereocenters. The topological polar surface area (TPSA) is 55.2 Å². The molecule has 0 aliphatic carbocycles. The van der Waals surface area contributed by atoms with Crippen molar-refractivity contribution in [3.63, 3.8) is 0 Å². The van der Waals surface area contributed by atoms with Crippen molar-refractivity contribution in [2.24, 2.45) is 0 Å². The molecule has 0 aliphatic heterocycles. The maximum Gasteiger partial charge on any atom is 0.269 e. The molecule has 1 aromatic rings. The van der Waals surface area contributed by atoms with Gasteiger partial charge < -0.3 is 5.32 Å². The highest BCUT2D eigenvalue weighted by Gasteiger charge is 2.12. The number of hydrogen-bond acceptors (Lipinski definition) is 3. The second kappa shape index (κ2) is 6.81. The molecule has 4 heteroatoms. The third-order valence-corrected chi connectivity index (χ3v) is 2.63. The van der Waals surface area contributed by atoms with Crippen molar-refractivity contribution in [3.05, 3.63) is 52.6 Å². The average Bonchev–Trinajstić information content (AvgIpc) is 2.35. The highest BCUT2D eigenvalue weighted by atomic mass is 16.6. The van der Waals surface area contributed by atoms with Crippen LogP contribution in [-0.2, 0) is 0 Å². The number of hydrogen-bond donors (Lipinski definition) is 1. The number of benzene rings is 1. The van der Waals surface area contributed by atoms with Crippen LogP contribution < -0.4 is 5.32 Å². The summed E-state index contributed by atoms with van der Waals surface area (Å²) in [5.41, 5.74) is 1.11. The van der Waals surface area contributed by atoms with E-state index in [9.17, 15) is 10.1 Å². The van der Waals surface area contributed by atoms with E-state index in [1.165, 1.54) is 6.07 Å². The molecule has 0 aromatic heterocycles. The summed E-state index contributed by atoms with van der Waals surface area (Å²) in [6, 6.07) is 6.96. The molecule has 0 heterocycles. The van der Waals surface area contributed by atoms with Crippen LogP contribution in [0.1, 0.15) is 31.4 Å². The van der Waals surface area contributed by atoms with Crippen LogP contribution in [0.4, 0.5) is 5.69 Å². The van der Waals surface area contributed by atoms with Gasteiger partial charge in [0.1, 0.15) is 0 Å². The summed E-state index contributed by atoms with van der Waals surface area (Å²) in [5.74, 6) is 0. The van der Waals surface area contributed by atoms with Gasteiger partial charge in [-0.15, -0.1) is 6.58 Å². The van der Waals surface area contributed by atoms with Crippen LogP contribution in [0.5, 0.6) is 0 Å². The fourth-order valence-electron chi connectivity index (χ4n) is 1.71. The van der Waals surface area contributed by atoms with Crippen molar-refractivity contribution in [1.29, 1.82) is 0 Å². The molecule has 0 bridgehead atoms. The fourth-order valence-corrected chi connectivity index (χ4v) is 1.71. The Labute approximate surface area is 101 Å². The first-order valence-electron chi connectivity index (χ1n) is 5.77. The van der Waals surface area contributed by atoms with Crippen molar-refractivity contribution in [2.75, 3.05) is 6.54 Å². The van der Waals surface area contributed by atoms with E-state index in [1.54, 1.807) is 12.1 Å². The zero-order valence-corrected chi connectivity index (χ0v) is 10.1. The SMILES string of the molecule is C=CCCNC(CC)c1cccc([N+](=O)[O-])c1. The van der Waals surface area contributed by atoms with Gasteiger partial charge in [0.2, 0.25) is 0 Å². The van der Waals surface area contributed by atoms with E-state index >= 15 is 0 Å². The lowest BCUT2D eigenvalue weighted by atomic mass is 10.0. The maximum absolute atomic E-state index is 10.7. The molecule has 0 radical (unpaired) electrons. The van der Waals surface area contributed by atoms with Crippen molar-refractivity contribution in [3.8, 4) is 0 Å². The predicted molar refractivity (Wildman–Crippen MR) is 68.9 cm³/mol. The monoisotopic (exact) mass is 234 g/mol. The lowest BCUT2D eigenvalue weighted by Crippen LogP contribution is -2.21. The van der Waals surface area contributed by atoms with E-state index in [0.717, 1.165) is 24.9 Å². The third kappa shape index (κ3) is 4.00. The first kappa shape index (κ1) is 13.4. The molecule has 0 spiro atoms. The maximum atomic E-state index is 10.7. The molecule has 17 heavy (non-hydrogen) atoms. The van der Waals surface area contributed by atoms with Crippen molar-refractivity contribution in [1.82, 2.24) is 5.32 Å². The van der Waals surface area contributed by atoms with Crippen molar-refractivity contribution < 1.29 is 4.92 Å². The summed E-state index contributed by atoms with van der Waals surface area (Å²) in [7, 11) is 0. The molecule has 0 amide bonds. The summed E-state index contributed by atoms with van der Waals surface area (Å²) in [4.78, 5) is 10.3. The second-order valence-electron chi connectivity index (χ2n) is 3.84. The average molecular weight is 234 g/mol. The molecule has 1 atom stereocenters. The molecule has 0 saturated carbocycles. The molecule has 4 nitrogen and oxygen atoms in total. The number of nitrogens with zero attached hydrogens (tertiary/aromatic N) is 1. The van der Waals surface area contributed by atoms with E-state index in [-0.39, 0.29) is 16.7 Å². The summed E-state index contributed by atoms with van der Waals surface area (Å²) in [6.07, 6.45) is 3.65. The fraction of sp³-hybridized carbons (Fsp3) is 0.385. The van der Waals surface area contributed by atoms with Gasteiger partial charge in [0.25, 0.3) is 5.69 Å². The standard InChI is InChI=1S/C13H18N2O2/c1-3-5-9-14-13(4-2)11-7-6-8-12(10-11)15(16)17/h3,6-8,10,13-14H,1,4-5,9H2,2H3. The van der Waals surface area contributed by atoms with Gasteiger partial charge in [-0.2, -0.15) is 0 Å². The first-order valence-corrected chi connectivity index (χ1v) is 5.77. The Morgan fingerprint density at radius 1 is 1.59 bits per heavy atom. The number of non-ortho nitro benzene ring substituents is 1.